The third-order valence-electron chi connectivity index (χ3n) is 2.65. The number of rotatable bonds is 4. The third-order valence-corrected chi connectivity index (χ3v) is 2.65. The quantitative estimate of drug-likeness (QED) is 0.722. The zero-order chi connectivity index (χ0) is 10.2. The van der Waals surface area contributed by atoms with Gasteiger partial charge in [-0.2, -0.15) is 0 Å². The molecule has 0 aromatic rings. The predicted octanol–water partition coefficient (Wildman–Crippen LogP) is 1.71. The topological polar surface area (TPSA) is 44.6 Å². The first kappa shape index (κ1) is 11.5. The van der Waals surface area contributed by atoms with Gasteiger partial charge in [-0.25, -0.2) is 0 Å². The lowest BCUT2D eigenvalue weighted by Crippen LogP contribution is -2.26. The van der Waals surface area contributed by atoms with Gasteiger partial charge in [0.25, 0.3) is 0 Å². The Kier molecular flexibility index (Phi) is 5.60. The Hall–Kier alpha value is -0.570. The van der Waals surface area contributed by atoms with Crippen LogP contribution in [-0.2, 0) is 0 Å². The van der Waals surface area contributed by atoms with E-state index in [9.17, 15) is 5.11 Å². The first-order chi connectivity index (χ1) is 6.83. The molecule has 1 aliphatic heterocycles. The Labute approximate surface area is 86.6 Å². The number of nitrogens with one attached hydrogen (secondary N) is 1. The molecule has 0 radical (unpaired) electrons. The molecule has 3 nitrogen and oxygen atoms in total. The fourth-order valence-corrected chi connectivity index (χ4v) is 1.61. The largest absolute Gasteiger partial charge is 0.393 e. The number of amidine groups is 1. The van der Waals surface area contributed by atoms with Gasteiger partial charge in [-0.05, 0) is 25.7 Å². The second-order valence-electron chi connectivity index (χ2n) is 3.92. The first-order valence-corrected chi connectivity index (χ1v) is 5.78. The van der Waals surface area contributed by atoms with Crippen LogP contribution >= 0.6 is 0 Å². The van der Waals surface area contributed by atoms with Crippen molar-refractivity contribution >= 4 is 5.84 Å². The van der Waals surface area contributed by atoms with Gasteiger partial charge in [0.1, 0.15) is 0 Å². The van der Waals surface area contributed by atoms with Gasteiger partial charge < -0.3 is 10.4 Å². The smallest absolute Gasteiger partial charge is 0.0963 e. The zero-order valence-electron chi connectivity index (χ0n) is 9.13. The van der Waals surface area contributed by atoms with E-state index in [1.54, 1.807) is 0 Å². The molecule has 0 spiro atoms. The van der Waals surface area contributed by atoms with Crippen molar-refractivity contribution in [3.63, 3.8) is 0 Å². The van der Waals surface area contributed by atoms with E-state index in [0.29, 0.717) is 0 Å². The van der Waals surface area contributed by atoms with Gasteiger partial charge >= 0.3 is 0 Å². The maximum atomic E-state index is 9.36. The average Bonchev–Trinajstić information content (AvgIpc) is 2.46. The molecule has 0 saturated heterocycles. The molecule has 1 heterocycles. The molecule has 0 aromatic heterocycles. The van der Waals surface area contributed by atoms with Crippen LogP contribution in [-0.4, -0.2) is 30.1 Å². The summed E-state index contributed by atoms with van der Waals surface area (Å²) >= 11 is 0. The second kappa shape index (κ2) is 6.82. The number of hydrogen-bond donors (Lipinski definition) is 2. The maximum Gasteiger partial charge on any atom is 0.0963 e. The fraction of sp³-hybridized carbons (Fsp3) is 0.909. The number of hydrogen-bond acceptors (Lipinski definition) is 3. The molecule has 14 heavy (non-hydrogen) atoms. The van der Waals surface area contributed by atoms with Crippen LogP contribution < -0.4 is 5.32 Å². The summed E-state index contributed by atoms with van der Waals surface area (Å²) in [6.07, 6.45) is 6.37. The summed E-state index contributed by atoms with van der Waals surface area (Å²) in [5.41, 5.74) is 0. The van der Waals surface area contributed by atoms with Gasteiger partial charge in [0.15, 0.2) is 0 Å². The summed E-state index contributed by atoms with van der Waals surface area (Å²) < 4.78 is 0. The minimum atomic E-state index is -0.158. The van der Waals surface area contributed by atoms with Crippen LogP contribution in [0.4, 0.5) is 0 Å². The number of aliphatic hydroxyl groups excluding tert-OH is 1. The summed E-state index contributed by atoms with van der Waals surface area (Å²) in [4.78, 5) is 4.47. The molecule has 1 atom stereocenters. The summed E-state index contributed by atoms with van der Waals surface area (Å²) in [6, 6.07) is 0. The Morgan fingerprint density at radius 2 is 2.29 bits per heavy atom. The molecular formula is C11H22N2O. The summed E-state index contributed by atoms with van der Waals surface area (Å²) in [6.45, 7) is 3.83. The normalized spacial score (nSPS) is 19.7. The molecule has 0 fully saturated rings. The predicted molar refractivity (Wildman–Crippen MR) is 59.7 cm³/mol. The summed E-state index contributed by atoms with van der Waals surface area (Å²) in [5.74, 6) is 1.14. The molecule has 1 unspecified atom stereocenters. The van der Waals surface area contributed by atoms with E-state index in [1.165, 1.54) is 19.3 Å². The lowest BCUT2D eigenvalue weighted by Gasteiger charge is -2.10. The van der Waals surface area contributed by atoms with Crippen molar-refractivity contribution in [3.8, 4) is 0 Å². The molecule has 0 aromatic carbocycles. The molecule has 1 rings (SSSR count). The number of aliphatic imine (C=N–C) groups is 1. The monoisotopic (exact) mass is 198 g/mol. The third kappa shape index (κ3) is 4.61. The number of aliphatic hydroxyl groups is 1. The Morgan fingerprint density at radius 3 is 3.07 bits per heavy atom. The maximum absolute atomic E-state index is 9.36. The molecule has 1 aliphatic rings. The van der Waals surface area contributed by atoms with Crippen LogP contribution in [0.15, 0.2) is 4.99 Å². The van der Waals surface area contributed by atoms with Crippen LogP contribution in [0.3, 0.4) is 0 Å². The zero-order valence-corrected chi connectivity index (χ0v) is 9.13. The van der Waals surface area contributed by atoms with Gasteiger partial charge in [0.2, 0.25) is 0 Å². The van der Waals surface area contributed by atoms with E-state index in [2.05, 4.69) is 10.3 Å². The highest BCUT2D eigenvalue weighted by molar-refractivity contribution is 5.82. The minimum Gasteiger partial charge on any atom is -0.393 e. The standard InChI is InChI=1S/C11H22N2O/c1-2-10(14)7-9-13-11-6-4-3-5-8-12-11/h10,14H,2-9H2,1H3,(H,12,13). The molecule has 0 aliphatic carbocycles. The van der Waals surface area contributed by atoms with Gasteiger partial charge in [-0.1, -0.05) is 13.3 Å². The minimum absolute atomic E-state index is 0.158. The molecule has 0 amide bonds. The Bertz CT molecular complexity index is 180. The van der Waals surface area contributed by atoms with Crippen molar-refractivity contribution in [3.05, 3.63) is 0 Å². The highest BCUT2D eigenvalue weighted by Gasteiger charge is 2.04. The van der Waals surface area contributed by atoms with Crippen LogP contribution in [0.25, 0.3) is 0 Å². The van der Waals surface area contributed by atoms with E-state index in [-0.39, 0.29) is 6.10 Å². The van der Waals surface area contributed by atoms with E-state index in [4.69, 9.17) is 0 Å². The van der Waals surface area contributed by atoms with Crippen molar-refractivity contribution in [1.29, 1.82) is 0 Å². The molecule has 0 saturated carbocycles. The lowest BCUT2D eigenvalue weighted by molar-refractivity contribution is 0.161. The van der Waals surface area contributed by atoms with Crippen molar-refractivity contribution in [2.24, 2.45) is 4.99 Å². The molecule has 82 valence electrons. The van der Waals surface area contributed by atoms with Crippen molar-refractivity contribution in [2.75, 3.05) is 13.1 Å². The van der Waals surface area contributed by atoms with Crippen LogP contribution in [0.2, 0.25) is 0 Å². The molecule has 3 heteroatoms. The lowest BCUT2D eigenvalue weighted by atomic mass is 10.2. The van der Waals surface area contributed by atoms with E-state index >= 15 is 0 Å². The van der Waals surface area contributed by atoms with Crippen LogP contribution in [0.1, 0.15) is 45.4 Å². The van der Waals surface area contributed by atoms with Gasteiger partial charge in [0, 0.05) is 19.5 Å². The molecular weight excluding hydrogens is 176 g/mol. The Balaban J connectivity index is 2.13. The molecule has 2 N–H and O–H groups in total. The second-order valence-corrected chi connectivity index (χ2v) is 3.92. The van der Waals surface area contributed by atoms with Gasteiger partial charge in [-0.15, -0.1) is 0 Å². The number of nitrogens with zero attached hydrogens (tertiary/aromatic N) is 1. The van der Waals surface area contributed by atoms with Gasteiger partial charge in [-0.3, -0.25) is 4.99 Å². The Morgan fingerprint density at radius 1 is 1.43 bits per heavy atom. The highest BCUT2D eigenvalue weighted by Crippen LogP contribution is 2.06. The highest BCUT2D eigenvalue weighted by atomic mass is 16.3. The van der Waals surface area contributed by atoms with E-state index < -0.39 is 0 Å². The van der Waals surface area contributed by atoms with Crippen LogP contribution in [0.5, 0.6) is 0 Å². The fourth-order valence-electron chi connectivity index (χ4n) is 1.61. The summed E-state index contributed by atoms with van der Waals surface area (Å²) in [5, 5.41) is 12.7. The van der Waals surface area contributed by atoms with Gasteiger partial charge in [0.05, 0.1) is 11.9 Å². The van der Waals surface area contributed by atoms with Crippen molar-refractivity contribution in [2.45, 2.75) is 51.6 Å². The van der Waals surface area contributed by atoms with Crippen LogP contribution in [0, 0.1) is 0 Å². The van der Waals surface area contributed by atoms with E-state index in [0.717, 1.165) is 38.2 Å². The average molecular weight is 198 g/mol. The molecule has 0 bridgehead atoms. The summed E-state index contributed by atoms with van der Waals surface area (Å²) in [7, 11) is 0. The van der Waals surface area contributed by atoms with Crippen molar-refractivity contribution in [1.82, 2.24) is 5.32 Å². The van der Waals surface area contributed by atoms with Crippen molar-refractivity contribution < 1.29 is 5.11 Å². The van der Waals surface area contributed by atoms with E-state index in [1.807, 2.05) is 6.92 Å². The first-order valence-electron chi connectivity index (χ1n) is 5.78. The SMILES string of the molecule is CCC(O)CCNC1=NCCCCC1.